The van der Waals surface area contributed by atoms with Crippen LogP contribution in [0.5, 0.6) is 11.5 Å². The fourth-order valence-corrected chi connectivity index (χ4v) is 2.45. The van der Waals surface area contributed by atoms with Crippen molar-refractivity contribution < 1.29 is 24.1 Å². The fourth-order valence-electron chi connectivity index (χ4n) is 2.45. The zero-order valence-corrected chi connectivity index (χ0v) is 12.7. The first-order chi connectivity index (χ1) is 10.1. The van der Waals surface area contributed by atoms with Crippen LogP contribution in [0.2, 0.25) is 0 Å². The van der Waals surface area contributed by atoms with Gasteiger partial charge in [-0.3, -0.25) is 0 Å². The lowest BCUT2D eigenvalue weighted by atomic mass is 9.92. The number of aliphatic hydroxyl groups is 1. The van der Waals surface area contributed by atoms with Crippen LogP contribution >= 0.6 is 0 Å². The predicted octanol–water partition coefficient (Wildman–Crippen LogP) is 2.57. The molecule has 0 radical (unpaired) electrons. The van der Waals surface area contributed by atoms with Crippen molar-refractivity contribution in [3.63, 3.8) is 0 Å². The highest BCUT2D eigenvalue weighted by Gasteiger charge is 2.28. The Morgan fingerprint density at radius 3 is 2.71 bits per heavy atom. The van der Waals surface area contributed by atoms with Crippen LogP contribution in [0.25, 0.3) is 0 Å². The molecule has 0 saturated carbocycles. The van der Waals surface area contributed by atoms with Crippen LogP contribution in [0.1, 0.15) is 50.3 Å². The van der Waals surface area contributed by atoms with E-state index in [0.29, 0.717) is 30.3 Å². The molecule has 5 heteroatoms. The average Bonchev–Trinajstić information content (AvgIpc) is 2.70. The first-order valence-electron chi connectivity index (χ1n) is 7.33. The predicted molar refractivity (Wildman–Crippen MR) is 77.7 cm³/mol. The maximum Gasteiger partial charge on any atom is 0.339 e. The lowest BCUT2D eigenvalue weighted by Crippen LogP contribution is -2.18. The van der Waals surface area contributed by atoms with Crippen LogP contribution in [0.15, 0.2) is 12.1 Å². The van der Waals surface area contributed by atoms with E-state index in [4.69, 9.17) is 14.2 Å². The minimum atomic E-state index is -1.31. The molecule has 0 fully saturated rings. The number of esters is 1. The number of ether oxygens (including phenoxy) is 3. The number of carbonyl (C=O) groups excluding carboxylic acids is 1. The fraction of sp³-hybridized carbons (Fsp3) is 0.562. The molecule has 0 amide bonds. The third kappa shape index (κ3) is 3.29. The van der Waals surface area contributed by atoms with Gasteiger partial charge in [0, 0.05) is 12.0 Å². The summed E-state index contributed by atoms with van der Waals surface area (Å²) in [7, 11) is 0. The van der Waals surface area contributed by atoms with E-state index in [-0.39, 0.29) is 12.5 Å². The van der Waals surface area contributed by atoms with Gasteiger partial charge in [0.2, 0.25) is 0 Å². The molecule has 0 aromatic heterocycles. The summed E-state index contributed by atoms with van der Waals surface area (Å²) in [6, 6.07) is 3.45. The average molecular weight is 294 g/mol. The number of carbonyl (C=O) groups is 1. The van der Waals surface area contributed by atoms with Crippen LogP contribution in [-0.4, -0.2) is 30.9 Å². The Morgan fingerprint density at radius 1 is 1.33 bits per heavy atom. The number of hydrogen-bond donors (Lipinski definition) is 1. The summed E-state index contributed by atoms with van der Waals surface area (Å²) in [4.78, 5) is 11.8. The van der Waals surface area contributed by atoms with Gasteiger partial charge in [0.15, 0.2) is 17.6 Å². The Morgan fingerprint density at radius 2 is 2.05 bits per heavy atom. The Labute approximate surface area is 124 Å². The first kappa shape index (κ1) is 15.6. The number of hydrogen-bond acceptors (Lipinski definition) is 5. The van der Waals surface area contributed by atoms with Crippen molar-refractivity contribution in [1.29, 1.82) is 0 Å². The number of fused-ring (bicyclic) bond motifs is 1. The second-order valence-corrected chi connectivity index (χ2v) is 5.26. The molecule has 0 spiro atoms. The van der Waals surface area contributed by atoms with E-state index < -0.39 is 12.1 Å². The molecular weight excluding hydrogens is 272 g/mol. The summed E-state index contributed by atoms with van der Waals surface area (Å²) in [6.45, 7) is 7.09. The van der Waals surface area contributed by atoms with Gasteiger partial charge in [0.25, 0.3) is 0 Å². The van der Waals surface area contributed by atoms with E-state index in [1.807, 2.05) is 13.8 Å². The lowest BCUT2D eigenvalue weighted by Gasteiger charge is -2.21. The number of rotatable bonds is 4. The van der Waals surface area contributed by atoms with Crippen molar-refractivity contribution in [3.8, 4) is 11.5 Å². The molecule has 1 atom stereocenters. The van der Waals surface area contributed by atoms with Crippen LogP contribution in [0.4, 0.5) is 0 Å². The standard InChI is InChI=1S/C16H22O5/c1-4-19-16(18)14(17)11-6-7-12-15(13(11)10(2)3)21-9-5-8-20-12/h6-7,10,14,17H,4-5,8-9H2,1-3H3. The Balaban J connectivity index is 2.46. The van der Waals surface area contributed by atoms with Gasteiger partial charge < -0.3 is 19.3 Å². The molecule has 116 valence electrons. The van der Waals surface area contributed by atoms with Crippen molar-refractivity contribution >= 4 is 5.97 Å². The molecule has 1 unspecified atom stereocenters. The molecule has 5 nitrogen and oxygen atoms in total. The van der Waals surface area contributed by atoms with Gasteiger partial charge in [-0.25, -0.2) is 4.79 Å². The minimum absolute atomic E-state index is 0.0840. The Kier molecular flexibility index (Phi) is 5.07. The smallest absolute Gasteiger partial charge is 0.339 e. The molecule has 2 rings (SSSR count). The second kappa shape index (κ2) is 6.80. The Bertz CT molecular complexity index is 510. The largest absolute Gasteiger partial charge is 0.490 e. The van der Waals surface area contributed by atoms with Crippen molar-refractivity contribution in [2.45, 2.75) is 39.2 Å². The van der Waals surface area contributed by atoms with Gasteiger partial charge in [0.1, 0.15) is 0 Å². The molecule has 21 heavy (non-hydrogen) atoms. The van der Waals surface area contributed by atoms with E-state index in [1.165, 1.54) is 0 Å². The monoisotopic (exact) mass is 294 g/mol. The summed E-state index contributed by atoms with van der Waals surface area (Å²) in [5, 5.41) is 10.3. The topological polar surface area (TPSA) is 65.0 Å². The lowest BCUT2D eigenvalue weighted by molar-refractivity contribution is -0.153. The molecule has 0 saturated heterocycles. The summed E-state index contributed by atoms with van der Waals surface area (Å²) < 4.78 is 16.3. The van der Waals surface area contributed by atoms with Crippen LogP contribution in [0.3, 0.4) is 0 Å². The van der Waals surface area contributed by atoms with Gasteiger partial charge in [-0.15, -0.1) is 0 Å². The molecular formula is C16H22O5. The van der Waals surface area contributed by atoms with Gasteiger partial charge in [0.05, 0.1) is 19.8 Å². The highest BCUT2D eigenvalue weighted by atomic mass is 16.5. The SMILES string of the molecule is CCOC(=O)C(O)c1ccc2c(c1C(C)C)OCCCO2. The Hall–Kier alpha value is -1.75. The first-order valence-corrected chi connectivity index (χ1v) is 7.33. The molecule has 1 N–H and O–H groups in total. The van der Waals surface area contributed by atoms with E-state index in [9.17, 15) is 9.90 Å². The molecule has 1 heterocycles. The van der Waals surface area contributed by atoms with E-state index in [2.05, 4.69) is 0 Å². The van der Waals surface area contributed by atoms with Crippen molar-refractivity contribution in [2.24, 2.45) is 0 Å². The zero-order valence-electron chi connectivity index (χ0n) is 12.7. The number of aliphatic hydroxyl groups excluding tert-OH is 1. The summed E-state index contributed by atoms with van der Waals surface area (Å²) in [6.07, 6.45) is -0.498. The van der Waals surface area contributed by atoms with E-state index in [0.717, 1.165) is 12.0 Å². The van der Waals surface area contributed by atoms with Crippen molar-refractivity contribution in [3.05, 3.63) is 23.3 Å². The molecule has 1 aromatic rings. The maximum atomic E-state index is 11.8. The molecule has 0 bridgehead atoms. The molecule has 0 aliphatic carbocycles. The third-order valence-electron chi connectivity index (χ3n) is 3.37. The highest BCUT2D eigenvalue weighted by Crippen LogP contribution is 2.41. The van der Waals surface area contributed by atoms with Gasteiger partial charge in [-0.1, -0.05) is 19.9 Å². The molecule has 1 aliphatic rings. The normalized spacial score (nSPS) is 15.5. The summed E-state index contributed by atoms with van der Waals surface area (Å²) >= 11 is 0. The quantitative estimate of drug-likeness (QED) is 0.865. The van der Waals surface area contributed by atoms with Gasteiger partial charge >= 0.3 is 5.97 Å². The molecule has 1 aromatic carbocycles. The van der Waals surface area contributed by atoms with Crippen LogP contribution in [0, 0.1) is 0 Å². The van der Waals surface area contributed by atoms with Crippen molar-refractivity contribution in [1.82, 2.24) is 0 Å². The maximum absolute atomic E-state index is 11.8. The molecule has 1 aliphatic heterocycles. The second-order valence-electron chi connectivity index (χ2n) is 5.26. The van der Waals surface area contributed by atoms with Gasteiger partial charge in [-0.2, -0.15) is 0 Å². The van der Waals surface area contributed by atoms with E-state index >= 15 is 0 Å². The number of benzene rings is 1. The highest BCUT2D eigenvalue weighted by molar-refractivity contribution is 5.77. The zero-order chi connectivity index (χ0) is 15.4. The van der Waals surface area contributed by atoms with Gasteiger partial charge in [-0.05, 0) is 24.5 Å². The summed E-state index contributed by atoms with van der Waals surface area (Å²) in [5.41, 5.74) is 1.32. The van der Waals surface area contributed by atoms with Crippen molar-refractivity contribution in [2.75, 3.05) is 19.8 Å². The van der Waals surface area contributed by atoms with E-state index in [1.54, 1.807) is 19.1 Å². The minimum Gasteiger partial charge on any atom is -0.490 e. The third-order valence-corrected chi connectivity index (χ3v) is 3.37. The van der Waals surface area contributed by atoms with Crippen LogP contribution < -0.4 is 9.47 Å². The summed E-state index contributed by atoms with van der Waals surface area (Å²) in [5.74, 6) is 0.731. The van der Waals surface area contributed by atoms with Crippen LogP contribution in [-0.2, 0) is 9.53 Å².